The van der Waals surface area contributed by atoms with Crippen molar-refractivity contribution in [3.63, 3.8) is 0 Å². The largest absolute Gasteiger partial charge is 0.381 e. The van der Waals surface area contributed by atoms with Crippen molar-refractivity contribution >= 4 is 11.8 Å². The molecule has 0 aromatic heterocycles. The van der Waals surface area contributed by atoms with Crippen molar-refractivity contribution < 1.29 is 4.74 Å². The molecular formula is C20H29NOS. The topological polar surface area (TPSA) is 12.5 Å². The Hall–Kier alpha value is -0.510. The predicted molar refractivity (Wildman–Crippen MR) is 98.6 cm³/mol. The van der Waals surface area contributed by atoms with E-state index in [4.69, 9.17) is 4.74 Å². The first-order valence-electron chi connectivity index (χ1n) is 9.34. The van der Waals surface area contributed by atoms with Crippen molar-refractivity contribution in [2.24, 2.45) is 11.8 Å². The summed E-state index contributed by atoms with van der Waals surface area (Å²) >= 11 is 2.10. The van der Waals surface area contributed by atoms with Gasteiger partial charge in [-0.05, 0) is 75.1 Å². The van der Waals surface area contributed by atoms with E-state index in [0.717, 1.165) is 37.5 Å². The first kappa shape index (κ1) is 16.0. The van der Waals surface area contributed by atoms with Crippen LogP contribution in [0.5, 0.6) is 0 Å². The monoisotopic (exact) mass is 331 g/mol. The van der Waals surface area contributed by atoms with Crippen LogP contribution in [0.1, 0.15) is 38.5 Å². The first-order chi connectivity index (χ1) is 11.3. The third-order valence-electron chi connectivity index (χ3n) is 6.06. The van der Waals surface area contributed by atoms with Crippen molar-refractivity contribution in [2.45, 2.75) is 44.6 Å². The van der Waals surface area contributed by atoms with Gasteiger partial charge >= 0.3 is 0 Å². The molecular weight excluding hydrogens is 302 g/mol. The van der Waals surface area contributed by atoms with Crippen LogP contribution in [0.15, 0.2) is 34.3 Å². The summed E-state index contributed by atoms with van der Waals surface area (Å²) in [7, 11) is 2.31. The van der Waals surface area contributed by atoms with E-state index in [9.17, 15) is 0 Å². The minimum atomic E-state index is 0.726. The standard InChI is InChI=1S/C20H29NOS/c1-21-9-3-5-18(21)12-17-14-23-20-6-2-4-16(13-19(17)20)15-7-10-22-11-8-15/h4,6,13,15,17-18H,2-3,5,7-12,14H2,1H3. The molecule has 0 aromatic rings. The molecule has 1 aliphatic carbocycles. The molecule has 3 aliphatic heterocycles. The number of hydrogen-bond acceptors (Lipinski definition) is 3. The van der Waals surface area contributed by atoms with Gasteiger partial charge in [0.1, 0.15) is 0 Å². The molecule has 126 valence electrons. The molecule has 0 aromatic carbocycles. The van der Waals surface area contributed by atoms with Gasteiger partial charge in [-0.3, -0.25) is 0 Å². The van der Waals surface area contributed by atoms with Crippen molar-refractivity contribution in [3.05, 3.63) is 34.3 Å². The van der Waals surface area contributed by atoms with Crippen LogP contribution >= 0.6 is 11.8 Å². The Kier molecular flexibility index (Phi) is 4.98. The van der Waals surface area contributed by atoms with E-state index in [-0.39, 0.29) is 0 Å². The third-order valence-corrected chi connectivity index (χ3v) is 7.35. The van der Waals surface area contributed by atoms with Gasteiger partial charge in [-0.15, -0.1) is 11.8 Å². The third kappa shape index (κ3) is 3.47. The highest BCUT2D eigenvalue weighted by atomic mass is 32.2. The summed E-state index contributed by atoms with van der Waals surface area (Å²) in [5.41, 5.74) is 3.26. The summed E-state index contributed by atoms with van der Waals surface area (Å²) in [4.78, 5) is 4.16. The second-order valence-corrected chi connectivity index (χ2v) is 8.58. The molecule has 2 atom stereocenters. The number of thioether (sulfide) groups is 1. The minimum absolute atomic E-state index is 0.726. The maximum absolute atomic E-state index is 5.56. The summed E-state index contributed by atoms with van der Waals surface area (Å²) in [6, 6.07) is 0.805. The van der Waals surface area contributed by atoms with E-state index in [1.165, 1.54) is 44.4 Å². The Morgan fingerprint density at radius 1 is 1.22 bits per heavy atom. The van der Waals surface area contributed by atoms with Gasteiger partial charge in [-0.1, -0.05) is 18.2 Å². The van der Waals surface area contributed by atoms with Crippen LogP contribution in [-0.2, 0) is 4.74 Å². The van der Waals surface area contributed by atoms with Gasteiger partial charge in [0.15, 0.2) is 0 Å². The van der Waals surface area contributed by atoms with E-state index < -0.39 is 0 Å². The lowest BCUT2D eigenvalue weighted by Crippen LogP contribution is -2.27. The molecule has 4 aliphatic rings. The molecule has 2 unspecified atom stereocenters. The quantitative estimate of drug-likeness (QED) is 0.760. The van der Waals surface area contributed by atoms with Crippen LogP contribution in [-0.4, -0.2) is 43.5 Å². The Bertz CT molecular complexity index is 530. The number of allylic oxidation sites excluding steroid dienone is 5. The van der Waals surface area contributed by atoms with Crippen LogP contribution in [0.3, 0.4) is 0 Å². The number of likely N-dealkylation sites (tertiary alicyclic amines) is 1. The highest BCUT2D eigenvalue weighted by molar-refractivity contribution is 8.03. The highest BCUT2D eigenvalue weighted by Gasteiger charge is 2.32. The van der Waals surface area contributed by atoms with E-state index in [0.29, 0.717) is 0 Å². The maximum atomic E-state index is 5.56. The smallest absolute Gasteiger partial charge is 0.0471 e. The molecule has 0 spiro atoms. The van der Waals surface area contributed by atoms with Gasteiger partial charge in [0.25, 0.3) is 0 Å². The van der Waals surface area contributed by atoms with Gasteiger partial charge in [0, 0.05) is 29.9 Å². The summed E-state index contributed by atoms with van der Waals surface area (Å²) in [6.07, 6.45) is 15.2. The van der Waals surface area contributed by atoms with E-state index in [1.54, 1.807) is 16.1 Å². The number of nitrogens with zero attached hydrogens (tertiary/aromatic N) is 1. The van der Waals surface area contributed by atoms with Gasteiger partial charge in [-0.25, -0.2) is 0 Å². The van der Waals surface area contributed by atoms with Crippen LogP contribution in [0, 0.1) is 11.8 Å². The zero-order valence-electron chi connectivity index (χ0n) is 14.3. The van der Waals surface area contributed by atoms with Crippen molar-refractivity contribution in [2.75, 3.05) is 32.6 Å². The molecule has 3 fully saturated rings. The van der Waals surface area contributed by atoms with Gasteiger partial charge in [-0.2, -0.15) is 0 Å². The fourth-order valence-corrected chi connectivity index (χ4v) is 5.89. The molecule has 3 heterocycles. The zero-order valence-corrected chi connectivity index (χ0v) is 15.1. The van der Waals surface area contributed by atoms with Crippen LogP contribution in [0.2, 0.25) is 0 Å². The van der Waals surface area contributed by atoms with Crippen LogP contribution in [0.25, 0.3) is 0 Å². The molecule has 0 amide bonds. The summed E-state index contributed by atoms with van der Waals surface area (Å²) < 4.78 is 5.56. The maximum Gasteiger partial charge on any atom is 0.0471 e. The lowest BCUT2D eigenvalue weighted by Gasteiger charge is -2.25. The lowest BCUT2D eigenvalue weighted by atomic mass is 9.86. The van der Waals surface area contributed by atoms with Crippen molar-refractivity contribution in [1.82, 2.24) is 4.90 Å². The summed E-state index contributed by atoms with van der Waals surface area (Å²) in [5, 5.41) is 0. The van der Waals surface area contributed by atoms with Crippen molar-refractivity contribution in [1.29, 1.82) is 0 Å². The Balaban J connectivity index is 1.51. The highest BCUT2D eigenvalue weighted by Crippen LogP contribution is 2.46. The fraction of sp³-hybridized carbons (Fsp3) is 0.700. The molecule has 0 saturated carbocycles. The van der Waals surface area contributed by atoms with Crippen LogP contribution in [0.4, 0.5) is 0 Å². The van der Waals surface area contributed by atoms with Gasteiger partial charge < -0.3 is 9.64 Å². The molecule has 0 N–H and O–H groups in total. The summed E-state index contributed by atoms with van der Waals surface area (Å²) in [5.74, 6) is 2.78. The number of ether oxygens (including phenoxy) is 1. The molecule has 3 heteroatoms. The Labute approximate surface area is 145 Å². The zero-order chi connectivity index (χ0) is 15.6. The van der Waals surface area contributed by atoms with E-state index >= 15 is 0 Å². The van der Waals surface area contributed by atoms with Gasteiger partial charge in [0.05, 0.1) is 0 Å². The number of rotatable bonds is 3. The predicted octanol–water partition coefficient (Wildman–Crippen LogP) is 4.40. The average molecular weight is 332 g/mol. The molecule has 3 saturated heterocycles. The Morgan fingerprint density at radius 3 is 2.87 bits per heavy atom. The number of hydrogen-bond donors (Lipinski definition) is 0. The van der Waals surface area contributed by atoms with Crippen molar-refractivity contribution in [3.8, 4) is 0 Å². The first-order valence-corrected chi connectivity index (χ1v) is 10.3. The molecule has 2 nitrogen and oxygen atoms in total. The summed E-state index contributed by atoms with van der Waals surface area (Å²) in [6.45, 7) is 3.17. The normalized spacial score (nSPS) is 33.0. The number of fused-ring (bicyclic) bond motifs is 1. The van der Waals surface area contributed by atoms with E-state index in [2.05, 4.69) is 41.9 Å². The molecule has 0 bridgehead atoms. The fourth-order valence-electron chi connectivity index (χ4n) is 4.59. The molecule has 0 radical (unpaired) electrons. The minimum Gasteiger partial charge on any atom is -0.381 e. The molecule has 4 rings (SSSR count). The SMILES string of the molecule is CN1CCCC1CC1CSC2=CCC=C(C3CCOCC3)C=C21. The van der Waals surface area contributed by atoms with Crippen LogP contribution < -0.4 is 0 Å². The Morgan fingerprint density at radius 2 is 2.09 bits per heavy atom. The average Bonchev–Trinajstić information content (AvgIpc) is 3.08. The lowest BCUT2D eigenvalue weighted by molar-refractivity contribution is 0.0765. The van der Waals surface area contributed by atoms with Gasteiger partial charge in [0.2, 0.25) is 0 Å². The second-order valence-electron chi connectivity index (χ2n) is 7.51. The second kappa shape index (κ2) is 7.16. The van der Waals surface area contributed by atoms with E-state index in [1.807, 2.05) is 0 Å². The molecule has 23 heavy (non-hydrogen) atoms.